The molecule has 0 aliphatic heterocycles. The maximum absolute atomic E-state index is 12.6. The Morgan fingerprint density at radius 1 is 1.32 bits per heavy atom. The molecular formula is C20H27N3O2. The van der Waals surface area contributed by atoms with Crippen molar-refractivity contribution in [1.82, 2.24) is 14.9 Å². The lowest BCUT2D eigenvalue weighted by atomic mass is 9.89. The Kier molecular flexibility index (Phi) is 5.74. The van der Waals surface area contributed by atoms with Gasteiger partial charge < -0.3 is 14.6 Å². The number of hydrogen-bond donors (Lipinski definition) is 1. The molecule has 5 heteroatoms. The Morgan fingerprint density at radius 3 is 2.92 bits per heavy atom. The summed E-state index contributed by atoms with van der Waals surface area (Å²) in [5.74, 6) is 1.24. The number of benzene rings is 1. The minimum Gasteiger partial charge on any atom is -0.494 e. The Hall–Kier alpha value is -2.30. The van der Waals surface area contributed by atoms with E-state index in [0.717, 1.165) is 55.8 Å². The number of carbonyl (C=O) groups is 1. The van der Waals surface area contributed by atoms with Crippen LogP contribution in [0.1, 0.15) is 36.2 Å². The smallest absolute Gasteiger partial charge is 0.225 e. The maximum Gasteiger partial charge on any atom is 0.225 e. The average Bonchev–Trinajstić information content (AvgIpc) is 3.10. The summed E-state index contributed by atoms with van der Waals surface area (Å²) in [5, 5.41) is 0. The number of unbranched alkanes of at least 4 members (excludes halogenated alkanes) is 1. The van der Waals surface area contributed by atoms with Crippen LogP contribution in [0, 0.1) is 12.8 Å². The van der Waals surface area contributed by atoms with Gasteiger partial charge in [-0.05, 0) is 44.7 Å². The third kappa shape index (κ3) is 4.62. The number of ether oxygens (including phenoxy) is 1. The van der Waals surface area contributed by atoms with Crippen LogP contribution in [0.2, 0.25) is 0 Å². The van der Waals surface area contributed by atoms with E-state index in [1.54, 1.807) is 6.33 Å². The van der Waals surface area contributed by atoms with Gasteiger partial charge in [0, 0.05) is 31.6 Å². The number of fused-ring (bicyclic) bond motifs is 1. The van der Waals surface area contributed by atoms with E-state index in [-0.39, 0.29) is 11.8 Å². The molecule has 25 heavy (non-hydrogen) atoms. The maximum atomic E-state index is 12.6. The van der Waals surface area contributed by atoms with Gasteiger partial charge in [-0.25, -0.2) is 4.98 Å². The van der Waals surface area contributed by atoms with Gasteiger partial charge in [0.1, 0.15) is 5.75 Å². The number of rotatable bonds is 7. The predicted octanol–water partition coefficient (Wildman–Crippen LogP) is 3.14. The molecule has 1 aromatic carbocycles. The minimum atomic E-state index is 0.0850. The van der Waals surface area contributed by atoms with E-state index in [4.69, 9.17) is 4.74 Å². The zero-order valence-electron chi connectivity index (χ0n) is 15.1. The number of hydrogen-bond acceptors (Lipinski definition) is 3. The molecule has 1 aliphatic rings. The van der Waals surface area contributed by atoms with Crippen molar-refractivity contribution in [2.75, 3.05) is 20.2 Å². The molecule has 1 heterocycles. The molecule has 0 bridgehead atoms. The third-order valence-corrected chi connectivity index (χ3v) is 4.89. The van der Waals surface area contributed by atoms with Crippen LogP contribution >= 0.6 is 0 Å². The first-order chi connectivity index (χ1) is 12.1. The van der Waals surface area contributed by atoms with E-state index >= 15 is 0 Å². The first-order valence-corrected chi connectivity index (χ1v) is 9.09. The molecule has 1 unspecified atom stereocenters. The summed E-state index contributed by atoms with van der Waals surface area (Å²) < 4.78 is 5.74. The van der Waals surface area contributed by atoms with Gasteiger partial charge in [-0.15, -0.1) is 0 Å². The van der Waals surface area contributed by atoms with Crippen molar-refractivity contribution in [2.45, 2.75) is 39.0 Å². The van der Waals surface area contributed by atoms with E-state index in [1.807, 2.05) is 24.1 Å². The standard InChI is InChI=1S/C20H27N3O2/c1-15-5-8-17(9-6-15)25-12-4-3-11-23(2)20(24)16-7-10-18-19(13-16)22-14-21-18/h5-6,8-9,14,16H,3-4,7,10-13H2,1-2H3,(H,21,22). The SMILES string of the molecule is Cc1ccc(OCCCCN(C)C(=O)C2CCc3nc[nH]c3C2)cc1. The number of aryl methyl sites for hydroxylation is 2. The fourth-order valence-corrected chi connectivity index (χ4v) is 3.31. The van der Waals surface area contributed by atoms with Gasteiger partial charge in [0.05, 0.1) is 18.6 Å². The van der Waals surface area contributed by atoms with Crippen molar-refractivity contribution in [2.24, 2.45) is 5.92 Å². The van der Waals surface area contributed by atoms with E-state index in [9.17, 15) is 4.79 Å². The number of imidazole rings is 1. The largest absolute Gasteiger partial charge is 0.494 e. The second-order valence-electron chi connectivity index (χ2n) is 6.90. The monoisotopic (exact) mass is 341 g/mol. The lowest BCUT2D eigenvalue weighted by molar-refractivity contribution is -0.134. The minimum absolute atomic E-state index is 0.0850. The van der Waals surface area contributed by atoms with Crippen molar-refractivity contribution in [3.05, 3.63) is 47.5 Å². The van der Waals surface area contributed by atoms with Crippen molar-refractivity contribution in [1.29, 1.82) is 0 Å². The predicted molar refractivity (Wildman–Crippen MR) is 97.6 cm³/mol. The number of aromatic amines is 1. The highest BCUT2D eigenvalue weighted by Gasteiger charge is 2.27. The van der Waals surface area contributed by atoms with Crippen LogP contribution in [0.25, 0.3) is 0 Å². The van der Waals surface area contributed by atoms with Crippen LogP contribution in [0.5, 0.6) is 5.75 Å². The normalized spacial score (nSPS) is 16.3. The van der Waals surface area contributed by atoms with E-state index in [1.165, 1.54) is 5.56 Å². The van der Waals surface area contributed by atoms with Crippen molar-refractivity contribution in [3.63, 3.8) is 0 Å². The summed E-state index contributed by atoms with van der Waals surface area (Å²) in [6.07, 6.45) is 6.21. The number of aromatic nitrogens is 2. The van der Waals surface area contributed by atoms with Gasteiger partial charge in [-0.1, -0.05) is 17.7 Å². The van der Waals surface area contributed by atoms with Gasteiger partial charge >= 0.3 is 0 Å². The summed E-state index contributed by atoms with van der Waals surface area (Å²) in [5.41, 5.74) is 3.49. The Bertz CT molecular complexity index is 693. The Labute approximate surface area is 149 Å². The lowest BCUT2D eigenvalue weighted by Gasteiger charge is -2.26. The molecule has 2 aromatic rings. The zero-order chi connectivity index (χ0) is 17.6. The highest BCUT2D eigenvalue weighted by atomic mass is 16.5. The summed E-state index contributed by atoms with van der Waals surface area (Å²) in [6.45, 7) is 3.53. The van der Waals surface area contributed by atoms with Gasteiger partial charge in [-0.3, -0.25) is 4.79 Å². The quantitative estimate of drug-likeness (QED) is 0.787. The lowest BCUT2D eigenvalue weighted by Crippen LogP contribution is -2.36. The highest BCUT2D eigenvalue weighted by molar-refractivity contribution is 5.79. The fraction of sp³-hybridized carbons (Fsp3) is 0.500. The summed E-state index contributed by atoms with van der Waals surface area (Å²) in [6, 6.07) is 8.10. The van der Waals surface area contributed by atoms with Gasteiger partial charge in [0.25, 0.3) is 0 Å². The molecule has 5 nitrogen and oxygen atoms in total. The summed E-state index contributed by atoms with van der Waals surface area (Å²) in [7, 11) is 1.91. The van der Waals surface area contributed by atoms with Gasteiger partial charge in [0.15, 0.2) is 0 Å². The second kappa shape index (κ2) is 8.19. The van der Waals surface area contributed by atoms with E-state index in [2.05, 4.69) is 29.0 Å². The molecule has 0 saturated heterocycles. The second-order valence-corrected chi connectivity index (χ2v) is 6.90. The first-order valence-electron chi connectivity index (χ1n) is 9.09. The van der Waals surface area contributed by atoms with Gasteiger partial charge in [-0.2, -0.15) is 0 Å². The molecule has 134 valence electrons. The molecular weight excluding hydrogens is 314 g/mol. The molecule has 3 rings (SSSR count). The number of H-pyrrole nitrogens is 1. The van der Waals surface area contributed by atoms with Crippen molar-refractivity contribution >= 4 is 5.91 Å². The molecule has 1 atom stereocenters. The number of nitrogens with zero attached hydrogens (tertiary/aromatic N) is 2. The Morgan fingerprint density at radius 2 is 2.12 bits per heavy atom. The number of nitrogens with one attached hydrogen (secondary N) is 1. The fourth-order valence-electron chi connectivity index (χ4n) is 3.31. The topological polar surface area (TPSA) is 58.2 Å². The Balaban J connectivity index is 1.35. The van der Waals surface area contributed by atoms with E-state index < -0.39 is 0 Å². The van der Waals surface area contributed by atoms with Crippen LogP contribution in [0.15, 0.2) is 30.6 Å². The van der Waals surface area contributed by atoms with E-state index in [0.29, 0.717) is 6.61 Å². The molecule has 0 radical (unpaired) electrons. The van der Waals surface area contributed by atoms with Crippen LogP contribution in [-0.2, 0) is 17.6 Å². The van der Waals surface area contributed by atoms with Crippen LogP contribution in [-0.4, -0.2) is 41.0 Å². The van der Waals surface area contributed by atoms with Crippen molar-refractivity contribution in [3.8, 4) is 5.75 Å². The molecule has 1 aliphatic carbocycles. The van der Waals surface area contributed by atoms with Crippen LogP contribution < -0.4 is 4.74 Å². The third-order valence-electron chi connectivity index (χ3n) is 4.89. The summed E-state index contributed by atoms with van der Waals surface area (Å²) in [4.78, 5) is 21.9. The molecule has 0 saturated carbocycles. The van der Waals surface area contributed by atoms with Crippen LogP contribution in [0.4, 0.5) is 0 Å². The average molecular weight is 341 g/mol. The molecule has 0 spiro atoms. The van der Waals surface area contributed by atoms with Crippen LogP contribution in [0.3, 0.4) is 0 Å². The number of amides is 1. The van der Waals surface area contributed by atoms with Crippen molar-refractivity contribution < 1.29 is 9.53 Å². The highest BCUT2D eigenvalue weighted by Crippen LogP contribution is 2.24. The molecule has 1 amide bonds. The summed E-state index contributed by atoms with van der Waals surface area (Å²) >= 11 is 0. The molecule has 1 N–H and O–H groups in total. The number of carbonyl (C=O) groups excluding carboxylic acids is 1. The first kappa shape index (κ1) is 17.5. The molecule has 0 fully saturated rings. The van der Waals surface area contributed by atoms with Gasteiger partial charge in [0.2, 0.25) is 5.91 Å². The molecule has 1 aromatic heterocycles. The zero-order valence-corrected chi connectivity index (χ0v) is 15.1.